The molecule has 4 aliphatic rings. The van der Waals surface area contributed by atoms with Gasteiger partial charge in [0.15, 0.2) is 8.32 Å². The van der Waals surface area contributed by atoms with Gasteiger partial charge in [-0.1, -0.05) is 45.3 Å². The van der Waals surface area contributed by atoms with Gasteiger partial charge in [-0.3, -0.25) is 4.79 Å². The molecule has 6 atom stereocenters. The molecule has 1 unspecified atom stereocenters. The fourth-order valence-corrected chi connectivity index (χ4v) is 10.0. The van der Waals surface area contributed by atoms with Crippen molar-refractivity contribution in [3.05, 3.63) is 11.6 Å². The summed E-state index contributed by atoms with van der Waals surface area (Å²) < 4.78 is 6.76. The maximum absolute atomic E-state index is 12.6. The summed E-state index contributed by atoms with van der Waals surface area (Å²) in [7, 11) is -1.53. The molecular weight excluding hydrogens is 360 g/mol. The monoisotopic (exact) mass is 402 g/mol. The number of Topliss-reactive ketones (excluding diaryl/α,β-unsaturated/α-hetero) is 1. The molecule has 0 amide bonds. The summed E-state index contributed by atoms with van der Waals surface area (Å²) in [6.07, 6.45) is 15.0. The number of ketones is 1. The molecule has 158 valence electrons. The van der Waals surface area contributed by atoms with Crippen LogP contribution in [0.2, 0.25) is 19.1 Å². The maximum Gasteiger partial charge on any atom is 0.187 e. The molecule has 0 aromatic heterocycles. The van der Waals surface area contributed by atoms with E-state index in [1.54, 1.807) is 5.57 Å². The first-order valence-corrected chi connectivity index (χ1v) is 15.2. The maximum atomic E-state index is 12.6. The van der Waals surface area contributed by atoms with E-state index in [4.69, 9.17) is 4.43 Å². The highest BCUT2D eigenvalue weighted by atomic mass is 28.4. The summed E-state index contributed by atoms with van der Waals surface area (Å²) >= 11 is 0. The molecule has 3 heteroatoms. The van der Waals surface area contributed by atoms with Gasteiger partial charge < -0.3 is 4.43 Å². The lowest BCUT2D eigenvalue weighted by atomic mass is 9.48. The van der Waals surface area contributed by atoms with Crippen molar-refractivity contribution < 1.29 is 9.22 Å². The zero-order chi connectivity index (χ0) is 20.2. The van der Waals surface area contributed by atoms with Gasteiger partial charge in [0.25, 0.3) is 0 Å². The molecule has 0 heterocycles. The van der Waals surface area contributed by atoms with E-state index in [2.05, 4.69) is 39.9 Å². The van der Waals surface area contributed by atoms with Crippen molar-refractivity contribution in [3.63, 3.8) is 0 Å². The highest BCUT2D eigenvalue weighted by Gasteiger charge is 2.58. The van der Waals surface area contributed by atoms with Gasteiger partial charge in [-0.05, 0) is 87.3 Å². The van der Waals surface area contributed by atoms with Crippen LogP contribution in [0.3, 0.4) is 0 Å². The molecule has 0 aromatic rings. The van der Waals surface area contributed by atoms with E-state index in [1.807, 2.05) is 0 Å². The summed E-state index contributed by atoms with van der Waals surface area (Å²) in [5, 5.41) is 0. The van der Waals surface area contributed by atoms with E-state index in [0.717, 1.165) is 31.1 Å². The first-order chi connectivity index (χ1) is 13.2. The molecule has 0 radical (unpaired) electrons. The summed E-state index contributed by atoms with van der Waals surface area (Å²) in [6, 6.07) is 1.30. The number of carbonyl (C=O) groups is 1. The second-order valence-corrected chi connectivity index (χ2v) is 15.8. The Morgan fingerprint density at radius 2 is 1.82 bits per heavy atom. The van der Waals surface area contributed by atoms with Gasteiger partial charge in [-0.25, -0.2) is 0 Å². The Bertz CT molecular complexity index is 653. The van der Waals surface area contributed by atoms with Crippen LogP contribution in [0.1, 0.15) is 85.0 Å². The van der Waals surface area contributed by atoms with Crippen LogP contribution >= 0.6 is 0 Å². The lowest BCUT2D eigenvalue weighted by Crippen LogP contribution is -2.51. The third-order valence-electron chi connectivity index (χ3n) is 9.39. The van der Waals surface area contributed by atoms with E-state index in [9.17, 15) is 4.79 Å². The van der Waals surface area contributed by atoms with E-state index in [-0.39, 0.29) is 5.41 Å². The topological polar surface area (TPSA) is 26.3 Å². The average Bonchev–Trinajstić information content (AvgIpc) is 2.95. The fourth-order valence-electron chi connectivity index (χ4n) is 7.61. The highest BCUT2D eigenvalue weighted by Crippen LogP contribution is 2.64. The largest absolute Gasteiger partial charge is 0.414 e. The number of fused-ring (bicyclic) bond motifs is 5. The quantitative estimate of drug-likeness (QED) is 0.369. The van der Waals surface area contributed by atoms with Crippen molar-refractivity contribution in [1.82, 2.24) is 0 Å². The summed E-state index contributed by atoms with van der Waals surface area (Å²) in [5.74, 6) is 2.74. The molecular formula is C25H42O2Si. The Balaban J connectivity index is 1.49. The lowest BCUT2D eigenvalue weighted by Gasteiger charge is -2.57. The van der Waals surface area contributed by atoms with Crippen LogP contribution in [0.25, 0.3) is 0 Å². The van der Waals surface area contributed by atoms with Crippen LogP contribution in [-0.2, 0) is 9.22 Å². The first-order valence-electron chi connectivity index (χ1n) is 12.1. The first kappa shape index (κ1) is 20.8. The minimum absolute atomic E-state index is 0.00190. The van der Waals surface area contributed by atoms with Crippen LogP contribution in [-0.4, -0.2) is 20.2 Å². The van der Waals surface area contributed by atoms with Crippen LogP contribution < -0.4 is 0 Å². The number of hydrogen-bond donors (Lipinski definition) is 0. The van der Waals surface area contributed by atoms with Crippen LogP contribution in [0.15, 0.2) is 11.6 Å². The molecule has 0 bridgehead atoms. The van der Waals surface area contributed by atoms with Gasteiger partial charge in [0.1, 0.15) is 5.78 Å². The molecule has 0 aromatic carbocycles. The van der Waals surface area contributed by atoms with Crippen LogP contribution in [0.5, 0.6) is 0 Å². The minimum atomic E-state index is -1.53. The second kappa shape index (κ2) is 7.37. The summed E-state index contributed by atoms with van der Waals surface area (Å²) in [6.45, 7) is 12.0. The Morgan fingerprint density at radius 3 is 2.57 bits per heavy atom. The van der Waals surface area contributed by atoms with Gasteiger partial charge in [0.05, 0.1) is 0 Å². The molecule has 4 aliphatic carbocycles. The molecule has 28 heavy (non-hydrogen) atoms. The van der Waals surface area contributed by atoms with Gasteiger partial charge in [-0.2, -0.15) is 0 Å². The zero-order valence-corrected chi connectivity index (χ0v) is 20.0. The van der Waals surface area contributed by atoms with Crippen molar-refractivity contribution in [2.45, 2.75) is 110 Å². The van der Waals surface area contributed by atoms with Gasteiger partial charge in [-0.15, -0.1) is 0 Å². The average molecular weight is 403 g/mol. The number of rotatable bonds is 5. The smallest absolute Gasteiger partial charge is 0.187 e. The number of hydrogen-bond acceptors (Lipinski definition) is 2. The second-order valence-electron chi connectivity index (χ2n) is 11.5. The predicted molar refractivity (Wildman–Crippen MR) is 119 cm³/mol. The molecule has 4 rings (SSSR count). The Hall–Kier alpha value is -0.413. The summed E-state index contributed by atoms with van der Waals surface area (Å²) in [5.41, 5.74) is 2.07. The highest BCUT2D eigenvalue weighted by molar-refractivity contribution is 6.71. The van der Waals surface area contributed by atoms with Gasteiger partial charge >= 0.3 is 0 Å². The third-order valence-corrected chi connectivity index (χ3v) is 11.9. The van der Waals surface area contributed by atoms with Crippen molar-refractivity contribution in [2.24, 2.45) is 28.6 Å². The van der Waals surface area contributed by atoms with E-state index in [1.165, 1.54) is 51.0 Å². The SMILES string of the molecule is CCCC[Si](C)(C)OC1CC[C@@]2(C)C(=CC[C@@H]3[C@@H]2CC[C@]2(C)C(=O)CC[C@@H]32)C1. The van der Waals surface area contributed by atoms with Crippen molar-refractivity contribution in [2.75, 3.05) is 0 Å². The summed E-state index contributed by atoms with van der Waals surface area (Å²) in [4.78, 5) is 12.6. The number of allylic oxidation sites excluding steroid dienone is 1. The molecule has 3 saturated carbocycles. The molecule has 0 N–H and O–H groups in total. The van der Waals surface area contributed by atoms with E-state index >= 15 is 0 Å². The van der Waals surface area contributed by atoms with Crippen LogP contribution in [0.4, 0.5) is 0 Å². The Morgan fingerprint density at radius 1 is 1.11 bits per heavy atom. The van der Waals surface area contributed by atoms with Crippen molar-refractivity contribution in [1.29, 1.82) is 0 Å². The van der Waals surface area contributed by atoms with E-state index < -0.39 is 8.32 Å². The van der Waals surface area contributed by atoms with Crippen molar-refractivity contribution >= 4 is 14.1 Å². The normalized spacial score (nSPS) is 43.2. The minimum Gasteiger partial charge on any atom is -0.414 e. The third kappa shape index (κ3) is 3.39. The van der Waals surface area contributed by atoms with E-state index in [0.29, 0.717) is 23.2 Å². The van der Waals surface area contributed by atoms with Gasteiger partial charge in [0, 0.05) is 17.9 Å². The fraction of sp³-hybridized carbons (Fsp3) is 0.880. The predicted octanol–water partition coefficient (Wildman–Crippen LogP) is 6.91. The Kier molecular flexibility index (Phi) is 5.49. The Labute approximate surface area is 174 Å². The molecule has 0 spiro atoms. The lowest BCUT2D eigenvalue weighted by molar-refractivity contribution is -0.131. The number of carbonyl (C=O) groups excluding carboxylic acids is 1. The molecule has 3 fully saturated rings. The van der Waals surface area contributed by atoms with Crippen LogP contribution in [0, 0.1) is 28.6 Å². The number of unbranched alkanes of at least 4 members (excludes halogenated alkanes) is 1. The van der Waals surface area contributed by atoms with Crippen molar-refractivity contribution in [3.8, 4) is 0 Å². The molecule has 0 aliphatic heterocycles. The standard InChI is InChI=1S/C25H42O2Si/c1-6-7-16-28(4,5)27-19-12-14-24(2)18(17-19)8-9-20-21-10-11-23(26)25(21,3)15-13-22(20)24/h8,19-22H,6-7,9-17H2,1-5H3/t19?,20-,21-,22-,24-,25-/m0/s1. The van der Waals surface area contributed by atoms with Gasteiger partial charge in [0.2, 0.25) is 0 Å². The molecule has 0 saturated heterocycles. The molecule has 2 nitrogen and oxygen atoms in total. The zero-order valence-electron chi connectivity index (χ0n) is 19.0.